The third kappa shape index (κ3) is 6.37. The lowest BCUT2D eigenvalue weighted by molar-refractivity contribution is -0.121. The van der Waals surface area contributed by atoms with Crippen LogP contribution in [0.5, 0.6) is 5.75 Å². The second-order valence-corrected chi connectivity index (χ2v) is 9.20. The molecule has 8 heteroatoms. The van der Waals surface area contributed by atoms with Crippen LogP contribution in [0.2, 0.25) is 5.02 Å². The van der Waals surface area contributed by atoms with E-state index in [1.165, 1.54) is 0 Å². The number of carbonyl (C=O) groups excluding carboxylic acids is 1. The number of halogens is 1. The molecule has 1 amide bonds. The average molecular weight is 439 g/mol. The molecule has 0 aliphatic carbocycles. The molecule has 29 heavy (non-hydrogen) atoms. The van der Waals surface area contributed by atoms with Gasteiger partial charge in [0.2, 0.25) is 15.9 Å². The van der Waals surface area contributed by atoms with Crippen LogP contribution >= 0.6 is 11.6 Å². The Bertz CT molecular complexity index is 946. The summed E-state index contributed by atoms with van der Waals surface area (Å²) in [6, 6.07) is 11.8. The van der Waals surface area contributed by atoms with Crippen molar-refractivity contribution in [3.8, 4) is 5.75 Å². The third-order valence-corrected chi connectivity index (χ3v) is 6.06. The van der Waals surface area contributed by atoms with Gasteiger partial charge in [-0.15, -0.1) is 0 Å². The van der Waals surface area contributed by atoms with Gasteiger partial charge in [-0.2, -0.15) is 0 Å². The van der Waals surface area contributed by atoms with Crippen LogP contribution in [0.25, 0.3) is 0 Å². The third-order valence-electron chi connectivity index (χ3n) is 4.60. The second-order valence-electron chi connectivity index (χ2n) is 6.91. The van der Waals surface area contributed by atoms with E-state index in [0.717, 1.165) is 40.3 Å². The van der Waals surface area contributed by atoms with Crippen molar-refractivity contribution in [2.24, 2.45) is 0 Å². The number of nitrogens with one attached hydrogen (secondary N) is 1. The Morgan fingerprint density at radius 3 is 2.45 bits per heavy atom. The Morgan fingerprint density at radius 1 is 1.21 bits per heavy atom. The number of anilines is 1. The minimum atomic E-state index is -3.68. The molecule has 2 aromatic rings. The molecule has 0 spiro atoms. The number of benzene rings is 2. The van der Waals surface area contributed by atoms with Gasteiger partial charge in [0.1, 0.15) is 11.8 Å². The minimum Gasteiger partial charge on any atom is -0.497 e. The molecule has 0 saturated heterocycles. The van der Waals surface area contributed by atoms with Gasteiger partial charge in [0, 0.05) is 11.6 Å². The Labute approximate surface area is 177 Å². The molecule has 0 aliphatic heterocycles. The Balaban J connectivity index is 2.01. The monoisotopic (exact) mass is 438 g/mol. The number of hydrogen-bond acceptors (Lipinski definition) is 4. The van der Waals surface area contributed by atoms with E-state index < -0.39 is 16.1 Å². The summed E-state index contributed by atoms with van der Waals surface area (Å²) < 4.78 is 31.1. The summed E-state index contributed by atoms with van der Waals surface area (Å²) in [4.78, 5) is 12.6. The zero-order valence-corrected chi connectivity index (χ0v) is 18.7. The molecular weight excluding hydrogens is 412 g/mol. The molecule has 2 rings (SSSR count). The van der Waals surface area contributed by atoms with Crippen LogP contribution in [0.15, 0.2) is 42.5 Å². The van der Waals surface area contributed by atoms with Gasteiger partial charge in [-0.1, -0.05) is 29.8 Å². The first kappa shape index (κ1) is 23.0. The van der Waals surface area contributed by atoms with E-state index in [4.69, 9.17) is 16.3 Å². The highest BCUT2D eigenvalue weighted by atomic mass is 35.5. The van der Waals surface area contributed by atoms with Gasteiger partial charge >= 0.3 is 0 Å². The number of nitrogens with zero attached hydrogens (tertiary/aromatic N) is 1. The predicted molar refractivity (Wildman–Crippen MR) is 117 cm³/mol. The van der Waals surface area contributed by atoms with Crippen LogP contribution in [-0.4, -0.2) is 40.3 Å². The fraction of sp³-hybridized carbons (Fsp3) is 0.381. The Kier molecular flexibility index (Phi) is 7.93. The number of rotatable bonds is 9. The van der Waals surface area contributed by atoms with Crippen molar-refractivity contribution in [3.63, 3.8) is 0 Å². The lowest BCUT2D eigenvalue weighted by atomic mass is 10.1. The molecule has 0 saturated carbocycles. The zero-order chi connectivity index (χ0) is 21.6. The van der Waals surface area contributed by atoms with Gasteiger partial charge in [0.15, 0.2) is 0 Å². The van der Waals surface area contributed by atoms with E-state index in [2.05, 4.69) is 5.32 Å². The van der Waals surface area contributed by atoms with E-state index in [1.807, 2.05) is 24.3 Å². The van der Waals surface area contributed by atoms with Crippen LogP contribution in [0, 0.1) is 6.92 Å². The first-order valence-corrected chi connectivity index (χ1v) is 11.5. The standard InChI is InChI=1S/C21H27ClN2O4S/c1-15-7-10-18(22)14-20(15)24(29(4,26)27)16(2)21(25)23-13-5-6-17-8-11-19(28-3)12-9-17/h7-12,14,16H,5-6,13H2,1-4H3,(H,23,25). The molecule has 158 valence electrons. The van der Waals surface area contributed by atoms with Crippen LogP contribution < -0.4 is 14.4 Å². The van der Waals surface area contributed by atoms with Crippen molar-refractivity contribution in [3.05, 3.63) is 58.6 Å². The molecule has 1 N–H and O–H groups in total. The van der Waals surface area contributed by atoms with Crippen molar-refractivity contribution in [1.29, 1.82) is 0 Å². The van der Waals surface area contributed by atoms with E-state index >= 15 is 0 Å². The van der Waals surface area contributed by atoms with E-state index in [1.54, 1.807) is 39.2 Å². The molecular formula is C21H27ClN2O4S. The maximum Gasteiger partial charge on any atom is 0.243 e. The van der Waals surface area contributed by atoms with Gasteiger partial charge in [0.25, 0.3) is 0 Å². The Hall–Kier alpha value is -2.25. The highest BCUT2D eigenvalue weighted by Crippen LogP contribution is 2.28. The predicted octanol–water partition coefficient (Wildman–Crippen LogP) is 3.56. The van der Waals surface area contributed by atoms with Gasteiger partial charge in [-0.3, -0.25) is 9.10 Å². The largest absolute Gasteiger partial charge is 0.497 e. The first-order valence-electron chi connectivity index (χ1n) is 9.29. The van der Waals surface area contributed by atoms with Gasteiger partial charge in [-0.25, -0.2) is 8.42 Å². The number of sulfonamides is 1. The summed E-state index contributed by atoms with van der Waals surface area (Å²) in [5.41, 5.74) is 2.26. The maximum absolute atomic E-state index is 12.6. The number of ether oxygens (including phenoxy) is 1. The summed E-state index contributed by atoms with van der Waals surface area (Å²) in [6.07, 6.45) is 2.61. The fourth-order valence-electron chi connectivity index (χ4n) is 3.04. The summed E-state index contributed by atoms with van der Waals surface area (Å²) in [6.45, 7) is 3.80. The van der Waals surface area contributed by atoms with Gasteiger partial charge < -0.3 is 10.1 Å². The van der Waals surface area contributed by atoms with Crippen molar-refractivity contribution in [2.45, 2.75) is 32.7 Å². The smallest absolute Gasteiger partial charge is 0.243 e. The van der Waals surface area contributed by atoms with Crippen molar-refractivity contribution in [2.75, 3.05) is 24.2 Å². The number of aryl methyl sites for hydroxylation is 2. The van der Waals surface area contributed by atoms with E-state index in [-0.39, 0.29) is 5.91 Å². The Morgan fingerprint density at radius 2 is 1.86 bits per heavy atom. The van der Waals surface area contributed by atoms with Crippen molar-refractivity contribution < 1.29 is 17.9 Å². The van der Waals surface area contributed by atoms with Crippen LogP contribution in [0.1, 0.15) is 24.5 Å². The maximum atomic E-state index is 12.6. The SMILES string of the molecule is COc1ccc(CCCNC(=O)C(C)N(c2cc(Cl)ccc2C)S(C)(=O)=O)cc1. The zero-order valence-electron chi connectivity index (χ0n) is 17.1. The quantitative estimate of drug-likeness (QED) is 0.607. The fourth-order valence-corrected chi connectivity index (χ4v) is 4.44. The highest BCUT2D eigenvalue weighted by Gasteiger charge is 2.30. The van der Waals surface area contributed by atoms with Crippen molar-refractivity contribution in [1.82, 2.24) is 5.32 Å². The van der Waals surface area contributed by atoms with Gasteiger partial charge in [-0.05, 0) is 62.1 Å². The molecule has 0 aliphatic rings. The summed E-state index contributed by atoms with van der Waals surface area (Å²) in [5.74, 6) is 0.442. The van der Waals surface area contributed by atoms with Gasteiger partial charge in [0.05, 0.1) is 19.1 Å². The topological polar surface area (TPSA) is 75.7 Å². The molecule has 6 nitrogen and oxygen atoms in total. The van der Waals surface area contributed by atoms with Crippen LogP contribution in [0.3, 0.4) is 0 Å². The molecule has 0 aromatic heterocycles. The van der Waals surface area contributed by atoms with E-state index in [9.17, 15) is 13.2 Å². The molecule has 2 aromatic carbocycles. The number of carbonyl (C=O) groups is 1. The molecule has 0 fully saturated rings. The molecule has 1 unspecified atom stereocenters. The lowest BCUT2D eigenvalue weighted by Crippen LogP contribution is -2.48. The minimum absolute atomic E-state index is 0.357. The summed E-state index contributed by atoms with van der Waals surface area (Å²) >= 11 is 6.04. The summed E-state index contributed by atoms with van der Waals surface area (Å²) in [7, 11) is -2.06. The molecule has 0 bridgehead atoms. The second kappa shape index (κ2) is 9.98. The lowest BCUT2D eigenvalue weighted by Gasteiger charge is -2.29. The molecule has 1 atom stereocenters. The first-order chi connectivity index (χ1) is 13.6. The van der Waals surface area contributed by atoms with Crippen LogP contribution in [0.4, 0.5) is 5.69 Å². The van der Waals surface area contributed by atoms with E-state index in [0.29, 0.717) is 17.3 Å². The van der Waals surface area contributed by atoms with Crippen LogP contribution in [-0.2, 0) is 21.2 Å². The highest BCUT2D eigenvalue weighted by molar-refractivity contribution is 7.92. The summed E-state index contributed by atoms with van der Waals surface area (Å²) in [5, 5.41) is 3.24. The number of amides is 1. The molecule has 0 heterocycles. The normalized spacial score (nSPS) is 12.3. The van der Waals surface area contributed by atoms with Crippen molar-refractivity contribution >= 4 is 33.2 Å². The average Bonchev–Trinajstić information content (AvgIpc) is 2.67. The number of hydrogen-bond donors (Lipinski definition) is 1. The number of methoxy groups -OCH3 is 1. The molecule has 0 radical (unpaired) electrons.